The second-order valence-corrected chi connectivity index (χ2v) is 9.69. The van der Waals surface area contributed by atoms with Gasteiger partial charge in [-0.05, 0) is 41.6 Å². The first-order valence-electron chi connectivity index (χ1n) is 9.63. The molecule has 2 N–H and O–H groups in total. The van der Waals surface area contributed by atoms with Gasteiger partial charge in [0.15, 0.2) is 0 Å². The maximum Gasteiger partial charge on any atom is 0.337 e. The van der Waals surface area contributed by atoms with Gasteiger partial charge in [-0.3, -0.25) is 4.72 Å². The Hall–Kier alpha value is -2.84. The predicted molar refractivity (Wildman–Crippen MR) is 121 cm³/mol. The highest BCUT2D eigenvalue weighted by Crippen LogP contribution is 2.28. The van der Waals surface area contributed by atoms with Gasteiger partial charge in [0.2, 0.25) is 0 Å². The van der Waals surface area contributed by atoms with Crippen molar-refractivity contribution in [1.82, 2.24) is 0 Å². The molecule has 0 spiro atoms. The third-order valence-electron chi connectivity index (χ3n) is 4.58. The van der Waals surface area contributed by atoms with Gasteiger partial charge in [-0.2, -0.15) is 0 Å². The van der Waals surface area contributed by atoms with Crippen LogP contribution in [0.3, 0.4) is 0 Å². The molecule has 8 heteroatoms. The van der Waals surface area contributed by atoms with Crippen LogP contribution >= 0.6 is 11.3 Å². The minimum absolute atomic E-state index is 0.0633. The molecule has 0 radical (unpaired) electrons. The van der Waals surface area contributed by atoms with Crippen molar-refractivity contribution in [2.24, 2.45) is 0 Å². The summed E-state index contributed by atoms with van der Waals surface area (Å²) < 4.78 is 27.6. The van der Waals surface area contributed by atoms with Gasteiger partial charge < -0.3 is 10.0 Å². The fourth-order valence-electron chi connectivity index (χ4n) is 3.11. The molecule has 6 nitrogen and oxygen atoms in total. The maximum atomic E-state index is 12.5. The number of benzene rings is 2. The number of thiophene rings is 1. The molecule has 0 atom stereocenters. The molecule has 2 aromatic carbocycles. The van der Waals surface area contributed by atoms with Gasteiger partial charge >= 0.3 is 5.97 Å². The first-order chi connectivity index (χ1) is 14.4. The highest BCUT2D eigenvalue weighted by molar-refractivity contribution is 7.94. The number of rotatable bonds is 10. The summed E-state index contributed by atoms with van der Waals surface area (Å²) in [7, 11) is -3.75. The molecule has 3 aromatic rings. The lowest BCUT2D eigenvalue weighted by atomic mass is 10.1. The van der Waals surface area contributed by atoms with Gasteiger partial charge in [0.25, 0.3) is 10.0 Å². The summed E-state index contributed by atoms with van der Waals surface area (Å²) in [5.74, 6) is -1.10. The van der Waals surface area contributed by atoms with Crippen molar-refractivity contribution in [3.63, 3.8) is 0 Å². The summed E-state index contributed by atoms with van der Waals surface area (Å²) in [6, 6.07) is 17.7. The second kappa shape index (κ2) is 9.77. The number of aromatic carboxylic acids is 1. The van der Waals surface area contributed by atoms with Crippen LogP contribution in [0, 0.1) is 0 Å². The topological polar surface area (TPSA) is 86.7 Å². The number of nitrogens with zero attached hydrogens (tertiary/aromatic N) is 1. The first-order valence-corrected chi connectivity index (χ1v) is 12.0. The molecule has 0 saturated heterocycles. The Morgan fingerprint density at radius 2 is 1.87 bits per heavy atom. The quantitative estimate of drug-likeness (QED) is 0.457. The molecule has 0 fully saturated rings. The fourth-order valence-corrected chi connectivity index (χ4v) is 5.15. The lowest BCUT2D eigenvalue weighted by Gasteiger charge is -2.27. The van der Waals surface area contributed by atoms with Crippen LogP contribution in [0.2, 0.25) is 0 Å². The second-order valence-electron chi connectivity index (χ2n) is 6.84. The van der Waals surface area contributed by atoms with E-state index in [4.69, 9.17) is 0 Å². The van der Waals surface area contributed by atoms with Crippen molar-refractivity contribution < 1.29 is 18.3 Å². The van der Waals surface area contributed by atoms with Gasteiger partial charge in [-0.15, -0.1) is 11.3 Å². The highest BCUT2D eigenvalue weighted by atomic mass is 32.2. The lowest BCUT2D eigenvalue weighted by Crippen LogP contribution is -2.26. The van der Waals surface area contributed by atoms with Gasteiger partial charge in [-0.25, -0.2) is 13.2 Å². The third kappa shape index (κ3) is 5.40. The van der Waals surface area contributed by atoms with E-state index in [0.717, 1.165) is 29.7 Å². The zero-order valence-electron chi connectivity index (χ0n) is 16.6. The number of anilines is 2. The summed E-state index contributed by atoms with van der Waals surface area (Å²) in [6.07, 6.45) is 1.89. The SMILES string of the molecule is CCCCN(Cc1ccccc1)c1ccc(NS(=O)(=O)c2cccs2)cc1C(=O)O. The maximum absolute atomic E-state index is 12.5. The van der Waals surface area contributed by atoms with E-state index in [0.29, 0.717) is 18.8 Å². The van der Waals surface area contributed by atoms with Crippen LogP contribution in [0.5, 0.6) is 0 Å². The van der Waals surface area contributed by atoms with E-state index in [1.807, 2.05) is 35.2 Å². The lowest BCUT2D eigenvalue weighted by molar-refractivity contribution is 0.0697. The number of carboxylic acid groups (broad SMARTS) is 1. The van der Waals surface area contributed by atoms with Crippen molar-refractivity contribution >= 4 is 38.7 Å². The van der Waals surface area contributed by atoms with Gasteiger partial charge in [0.1, 0.15) is 4.21 Å². The minimum atomic E-state index is -3.75. The van der Waals surface area contributed by atoms with Crippen LogP contribution in [-0.2, 0) is 16.6 Å². The van der Waals surface area contributed by atoms with E-state index in [2.05, 4.69) is 11.6 Å². The smallest absolute Gasteiger partial charge is 0.337 e. The van der Waals surface area contributed by atoms with Crippen LogP contribution in [0.4, 0.5) is 11.4 Å². The molecule has 1 heterocycles. The molecular formula is C22H24N2O4S2. The van der Waals surface area contributed by atoms with Crippen molar-refractivity contribution in [2.45, 2.75) is 30.5 Å². The molecule has 3 rings (SSSR count). The molecule has 0 saturated carbocycles. The van der Waals surface area contributed by atoms with Gasteiger partial charge in [-0.1, -0.05) is 49.7 Å². The Balaban J connectivity index is 1.93. The average Bonchev–Trinajstić information content (AvgIpc) is 3.28. The molecule has 158 valence electrons. The number of hydrogen-bond donors (Lipinski definition) is 2. The molecule has 0 aliphatic heterocycles. The van der Waals surface area contributed by atoms with E-state index >= 15 is 0 Å². The molecule has 0 amide bonds. The Morgan fingerprint density at radius 1 is 1.10 bits per heavy atom. The predicted octanol–water partition coefficient (Wildman–Crippen LogP) is 5.05. The third-order valence-corrected chi connectivity index (χ3v) is 7.36. The highest BCUT2D eigenvalue weighted by Gasteiger charge is 2.20. The van der Waals surface area contributed by atoms with Crippen molar-refractivity contribution in [1.29, 1.82) is 0 Å². The van der Waals surface area contributed by atoms with Crippen LogP contribution in [0.15, 0.2) is 70.3 Å². The van der Waals surface area contributed by atoms with Crippen molar-refractivity contribution in [3.8, 4) is 0 Å². The van der Waals surface area contributed by atoms with Crippen LogP contribution < -0.4 is 9.62 Å². The van der Waals surface area contributed by atoms with Crippen LogP contribution in [0.25, 0.3) is 0 Å². The molecular weight excluding hydrogens is 420 g/mol. The number of unbranched alkanes of at least 4 members (excludes halogenated alkanes) is 1. The Labute approximate surface area is 180 Å². The zero-order chi connectivity index (χ0) is 21.6. The average molecular weight is 445 g/mol. The summed E-state index contributed by atoms with van der Waals surface area (Å²) in [6.45, 7) is 3.36. The summed E-state index contributed by atoms with van der Waals surface area (Å²) in [5, 5.41) is 11.5. The first kappa shape index (κ1) is 21.9. The number of carbonyl (C=O) groups is 1. The van der Waals surface area contributed by atoms with Crippen molar-refractivity contribution in [3.05, 3.63) is 77.2 Å². The summed E-state index contributed by atoms with van der Waals surface area (Å²) in [4.78, 5) is 14.0. The summed E-state index contributed by atoms with van der Waals surface area (Å²) in [5.41, 5.74) is 1.93. The Morgan fingerprint density at radius 3 is 2.50 bits per heavy atom. The number of hydrogen-bond acceptors (Lipinski definition) is 5. The van der Waals surface area contributed by atoms with Gasteiger partial charge in [0.05, 0.1) is 11.3 Å². The number of carboxylic acids is 1. The normalized spacial score (nSPS) is 11.2. The molecule has 0 aliphatic rings. The van der Waals surface area contributed by atoms with E-state index in [-0.39, 0.29) is 15.5 Å². The molecule has 0 unspecified atom stereocenters. The molecule has 0 aliphatic carbocycles. The fraction of sp³-hybridized carbons (Fsp3) is 0.227. The van der Waals surface area contributed by atoms with Crippen molar-refractivity contribution in [2.75, 3.05) is 16.2 Å². The Bertz CT molecular complexity index is 1080. The zero-order valence-corrected chi connectivity index (χ0v) is 18.2. The Kier molecular flexibility index (Phi) is 7.12. The largest absolute Gasteiger partial charge is 0.478 e. The molecule has 1 aromatic heterocycles. The van der Waals surface area contributed by atoms with E-state index in [1.54, 1.807) is 23.6 Å². The van der Waals surface area contributed by atoms with E-state index in [9.17, 15) is 18.3 Å². The van der Waals surface area contributed by atoms with E-state index in [1.165, 1.54) is 12.1 Å². The standard InChI is InChI=1S/C22H24N2O4S2/c1-2-3-13-24(16-17-8-5-4-6-9-17)20-12-11-18(15-19(20)22(25)26)23-30(27,28)21-10-7-14-29-21/h4-12,14-15,23H,2-3,13,16H2,1H3,(H,25,26). The number of sulfonamides is 1. The summed E-state index contributed by atoms with van der Waals surface area (Å²) >= 11 is 1.10. The van der Waals surface area contributed by atoms with Gasteiger partial charge in [0, 0.05) is 18.8 Å². The molecule has 0 bridgehead atoms. The van der Waals surface area contributed by atoms with Crippen LogP contribution in [-0.4, -0.2) is 26.0 Å². The van der Waals surface area contributed by atoms with Crippen LogP contribution in [0.1, 0.15) is 35.7 Å². The monoisotopic (exact) mass is 444 g/mol. The van der Waals surface area contributed by atoms with E-state index < -0.39 is 16.0 Å². The minimum Gasteiger partial charge on any atom is -0.478 e. The number of nitrogens with one attached hydrogen (secondary N) is 1. The molecule has 30 heavy (non-hydrogen) atoms.